The lowest BCUT2D eigenvalue weighted by Gasteiger charge is -2.06. The molecule has 0 aromatic carbocycles. The third kappa shape index (κ3) is 3.18. The van der Waals surface area contributed by atoms with Crippen molar-refractivity contribution in [2.75, 3.05) is 12.3 Å². The summed E-state index contributed by atoms with van der Waals surface area (Å²) in [6.45, 7) is 1.74. The van der Waals surface area contributed by atoms with E-state index in [1.54, 1.807) is 6.92 Å². The molecule has 0 spiro atoms. The molecule has 1 aromatic rings. The fraction of sp³-hybridized carbons (Fsp3) is 0.571. The van der Waals surface area contributed by atoms with Gasteiger partial charge in [-0.3, -0.25) is 5.10 Å². The lowest BCUT2D eigenvalue weighted by molar-refractivity contribution is 0.186. The van der Waals surface area contributed by atoms with Crippen molar-refractivity contribution in [2.24, 2.45) is 0 Å². The van der Waals surface area contributed by atoms with E-state index in [1.807, 2.05) is 0 Å². The summed E-state index contributed by atoms with van der Waals surface area (Å²) in [5.41, 5.74) is 5.37. The minimum Gasteiger partial charge on any atom is -0.393 e. The van der Waals surface area contributed by atoms with Crippen LogP contribution >= 0.6 is 0 Å². The van der Waals surface area contributed by atoms with Gasteiger partial charge in [0.2, 0.25) is 10.0 Å². The lowest BCUT2D eigenvalue weighted by atomic mass is 10.3. The Morgan fingerprint density at radius 3 is 2.87 bits per heavy atom. The van der Waals surface area contributed by atoms with Gasteiger partial charge in [-0.1, -0.05) is 0 Å². The third-order valence-corrected chi connectivity index (χ3v) is 3.26. The Balaban J connectivity index is 2.65. The quantitative estimate of drug-likeness (QED) is 0.523. The van der Waals surface area contributed by atoms with Gasteiger partial charge in [-0.2, -0.15) is 5.10 Å². The maximum atomic E-state index is 11.6. The fourth-order valence-electron chi connectivity index (χ4n) is 0.979. The van der Waals surface area contributed by atoms with Crippen LogP contribution in [-0.4, -0.2) is 36.4 Å². The molecule has 0 aliphatic rings. The first-order valence-electron chi connectivity index (χ1n) is 4.40. The molecule has 7 nitrogen and oxygen atoms in total. The Morgan fingerprint density at radius 2 is 2.40 bits per heavy atom. The van der Waals surface area contributed by atoms with E-state index in [9.17, 15) is 8.42 Å². The van der Waals surface area contributed by atoms with E-state index in [2.05, 4.69) is 14.9 Å². The highest BCUT2D eigenvalue weighted by atomic mass is 32.2. The molecule has 0 fully saturated rings. The van der Waals surface area contributed by atoms with E-state index in [0.717, 1.165) is 6.20 Å². The number of aromatic nitrogens is 2. The number of nitrogens with zero attached hydrogens (tertiary/aromatic N) is 1. The van der Waals surface area contributed by atoms with E-state index >= 15 is 0 Å². The van der Waals surface area contributed by atoms with Crippen molar-refractivity contribution in [3.63, 3.8) is 0 Å². The Kier molecular flexibility index (Phi) is 3.66. The van der Waals surface area contributed by atoms with E-state index in [1.165, 1.54) is 0 Å². The molecule has 1 aromatic heterocycles. The Morgan fingerprint density at radius 1 is 1.73 bits per heavy atom. The van der Waals surface area contributed by atoms with Crippen molar-refractivity contribution in [2.45, 2.75) is 24.3 Å². The molecular formula is C7H14N4O3S. The van der Waals surface area contributed by atoms with Gasteiger partial charge in [0, 0.05) is 6.54 Å². The highest BCUT2D eigenvalue weighted by Crippen LogP contribution is 2.13. The second-order valence-electron chi connectivity index (χ2n) is 3.18. The molecule has 1 rings (SSSR count). The summed E-state index contributed by atoms with van der Waals surface area (Å²) in [6.07, 6.45) is 0.936. The number of aromatic amines is 1. The van der Waals surface area contributed by atoms with Gasteiger partial charge in [-0.15, -0.1) is 0 Å². The van der Waals surface area contributed by atoms with Crippen molar-refractivity contribution in [1.29, 1.82) is 0 Å². The van der Waals surface area contributed by atoms with Crippen molar-refractivity contribution in [3.05, 3.63) is 6.20 Å². The van der Waals surface area contributed by atoms with Gasteiger partial charge in [0.1, 0.15) is 10.7 Å². The Labute approximate surface area is 87.7 Å². The van der Waals surface area contributed by atoms with Crippen molar-refractivity contribution in [3.8, 4) is 0 Å². The molecule has 15 heavy (non-hydrogen) atoms. The molecule has 0 saturated carbocycles. The standard InChI is InChI=1S/C7H14N4O3S/c1-5(12)2-3-10-15(13,14)6-4-9-11-7(6)8/h4-5,10,12H,2-3H2,1H3,(H3,8,9,11). The summed E-state index contributed by atoms with van der Waals surface area (Å²) in [4.78, 5) is -0.0758. The molecule has 0 radical (unpaired) electrons. The Hall–Kier alpha value is -1.12. The first-order chi connectivity index (χ1) is 6.93. The minimum absolute atomic E-state index is 0.000420. The molecule has 0 saturated heterocycles. The number of aliphatic hydroxyl groups excluding tert-OH is 1. The second-order valence-corrected chi connectivity index (χ2v) is 4.92. The number of H-pyrrole nitrogens is 1. The van der Waals surface area contributed by atoms with Gasteiger partial charge in [0.15, 0.2) is 0 Å². The van der Waals surface area contributed by atoms with Gasteiger partial charge in [0.25, 0.3) is 0 Å². The number of nitrogens with one attached hydrogen (secondary N) is 2. The van der Waals surface area contributed by atoms with Crippen LogP contribution in [0.1, 0.15) is 13.3 Å². The number of anilines is 1. The number of nitrogens with two attached hydrogens (primary N) is 1. The summed E-state index contributed by atoms with van der Waals surface area (Å²) in [5.74, 6) is -0.000420. The van der Waals surface area contributed by atoms with Crippen molar-refractivity contribution < 1.29 is 13.5 Å². The third-order valence-electron chi connectivity index (χ3n) is 1.78. The van der Waals surface area contributed by atoms with E-state index < -0.39 is 16.1 Å². The maximum Gasteiger partial charge on any atom is 0.245 e. The number of hydrogen-bond acceptors (Lipinski definition) is 5. The molecule has 1 unspecified atom stereocenters. The number of sulfonamides is 1. The second kappa shape index (κ2) is 4.60. The van der Waals surface area contributed by atoms with Crippen LogP contribution in [0.25, 0.3) is 0 Å². The summed E-state index contributed by atoms with van der Waals surface area (Å²) >= 11 is 0. The maximum absolute atomic E-state index is 11.6. The molecule has 0 amide bonds. The molecule has 5 N–H and O–H groups in total. The molecule has 0 bridgehead atoms. The smallest absolute Gasteiger partial charge is 0.245 e. The van der Waals surface area contributed by atoms with Gasteiger partial charge in [-0.25, -0.2) is 13.1 Å². The summed E-state index contributed by atoms with van der Waals surface area (Å²) < 4.78 is 25.4. The predicted molar refractivity (Wildman–Crippen MR) is 54.5 cm³/mol. The number of rotatable bonds is 5. The zero-order valence-electron chi connectivity index (χ0n) is 8.27. The van der Waals surface area contributed by atoms with Crippen molar-refractivity contribution in [1.82, 2.24) is 14.9 Å². The van der Waals surface area contributed by atoms with Crippen LogP contribution < -0.4 is 10.5 Å². The molecule has 8 heteroatoms. The number of aliphatic hydroxyl groups is 1. The minimum atomic E-state index is -3.62. The molecule has 86 valence electrons. The summed E-state index contributed by atoms with van der Waals surface area (Å²) in [6, 6.07) is 0. The number of hydrogen-bond donors (Lipinski definition) is 4. The van der Waals surface area contributed by atoms with Gasteiger partial charge in [-0.05, 0) is 13.3 Å². The van der Waals surface area contributed by atoms with Gasteiger partial charge >= 0.3 is 0 Å². The zero-order chi connectivity index (χ0) is 11.5. The average molecular weight is 234 g/mol. The lowest BCUT2D eigenvalue weighted by Crippen LogP contribution is -2.27. The summed E-state index contributed by atoms with van der Waals surface area (Å²) in [7, 11) is -3.62. The first-order valence-corrected chi connectivity index (χ1v) is 5.88. The molecule has 0 aliphatic heterocycles. The predicted octanol–water partition coefficient (Wildman–Crippen LogP) is -0.959. The fourth-order valence-corrected chi connectivity index (χ4v) is 2.05. The van der Waals surface area contributed by atoms with Crippen LogP contribution in [0.3, 0.4) is 0 Å². The van der Waals surface area contributed by atoms with Gasteiger partial charge in [0.05, 0.1) is 12.3 Å². The van der Waals surface area contributed by atoms with Crippen LogP contribution in [0.15, 0.2) is 11.1 Å². The first kappa shape index (κ1) is 12.0. The monoisotopic (exact) mass is 234 g/mol. The van der Waals surface area contributed by atoms with Crippen molar-refractivity contribution >= 4 is 15.8 Å². The van der Waals surface area contributed by atoms with E-state index in [4.69, 9.17) is 10.8 Å². The van der Waals surface area contributed by atoms with Crippen LogP contribution in [0, 0.1) is 0 Å². The summed E-state index contributed by atoms with van der Waals surface area (Å²) in [5, 5.41) is 14.8. The SMILES string of the molecule is CC(O)CCNS(=O)(=O)c1cn[nH]c1N. The molecule has 1 atom stereocenters. The molecule has 1 heterocycles. The number of nitrogen functional groups attached to an aromatic ring is 1. The van der Waals surface area contributed by atoms with Crippen LogP contribution in [0.4, 0.5) is 5.82 Å². The topological polar surface area (TPSA) is 121 Å². The van der Waals surface area contributed by atoms with E-state index in [-0.39, 0.29) is 17.3 Å². The highest BCUT2D eigenvalue weighted by Gasteiger charge is 2.18. The molecular weight excluding hydrogens is 220 g/mol. The average Bonchev–Trinajstić information content (AvgIpc) is 2.50. The zero-order valence-corrected chi connectivity index (χ0v) is 9.08. The van der Waals surface area contributed by atoms with E-state index in [0.29, 0.717) is 6.42 Å². The largest absolute Gasteiger partial charge is 0.393 e. The normalized spacial score (nSPS) is 14.0. The Bertz CT molecular complexity index is 412. The van der Waals surface area contributed by atoms with Crippen LogP contribution in [0.2, 0.25) is 0 Å². The van der Waals surface area contributed by atoms with Gasteiger partial charge < -0.3 is 10.8 Å². The van der Waals surface area contributed by atoms with Crippen LogP contribution in [0.5, 0.6) is 0 Å². The highest BCUT2D eigenvalue weighted by molar-refractivity contribution is 7.89. The molecule has 0 aliphatic carbocycles. The van der Waals surface area contributed by atoms with Crippen LogP contribution in [-0.2, 0) is 10.0 Å².